The summed E-state index contributed by atoms with van der Waals surface area (Å²) in [6.45, 7) is 2.40. The van der Waals surface area contributed by atoms with E-state index in [1.807, 2.05) is 25.1 Å². The van der Waals surface area contributed by atoms with Gasteiger partial charge >= 0.3 is 0 Å². The Bertz CT molecular complexity index is 544. The van der Waals surface area contributed by atoms with Crippen molar-refractivity contribution in [1.82, 2.24) is 5.32 Å². The van der Waals surface area contributed by atoms with Crippen molar-refractivity contribution in [3.63, 3.8) is 0 Å². The molecule has 1 amide bonds. The van der Waals surface area contributed by atoms with Crippen LogP contribution in [0.2, 0.25) is 0 Å². The fourth-order valence-corrected chi connectivity index (χ4v) is 2.06. The van der Waals surface area contributed by atoms with Gasteiger partial charge in [-0.15, -0.1) is 0 Å². The van der Waals surface area contributed by atoms with Crippen molar-refractivity contribution in [1.29, 1.82) is 0 Å². The van der Waals surface area contributed by atoms with E-state index < -0.39 is 0 Å². The Morgan fingerprint density at radius 1 is 1.10 bits per heavy atom. The maximum absolute atomic E-state index is 13.0. The smallest absolute Gasteiger partial charge is 0.220 e. The third kappa shape index (κ3) is 4.50. The first-order chi connectivity index (χ1) is 9.63. The van der Waals surface area contributed by atoms with Crippen LogP contribution in [0.4, 0.5) is 4.39 Å². The van der Waals surface area contributed by atoms with Crippen LogP contribution in [-0.2, 0) is 17.8 Å². The number of carbonyl (C=O) groups excluding carboxylic acids is 1. The van der Waals surface area contributed by atoms with Gasteiger partial charge in [-0.1, -0.05) is 42.0 Å². The topological polar surface area (TPSA) is 29.1 Å². The van der Waals surface area contributed by atoms with Crippen molar-refractivity contribution in [2.24, 2.45) is 0 Å². The van der Waals surface area contributed by atoms with Gasteiger partial charge in [-0.25, -0.2) is 4.39 Å². The van der Waals surface area contributed by atoms with Crippen LogP contribution in [0, 0.1) is 12.7 Å². The predicted molar refractivity (Wildman–Crippen MR) is 77.7 cm³/mol. The van der Waals surface area contributed by atoms with Crippen LogP contribution in [0.3, 0.4) is 0 Å². The van der Waals surface area contributed by atoms with Gasteiger partial charge < -0.3 is 5.32 Å². The normalized spacial score (nSPS) is 10.3. The third-order valence-electron chi connectivity index (χ3n) is 3.10. The van der Waals surface area contributed by atoms with Gasteiger partial charge in [-0.3, -0.25) is 4.79 Å². The molecule has 1 N–H and O–H groups in total. The molecule has 0 aromatic heterocycles. The van der Waals surface area contributed by atoms with Crippen LogP contribution in [0.5, 0.6) is 0 Å². The van der Waals surface area contributed by atoms with Crippen molar-refractivity contribution >= 4 is 5.91 Å². The average molecular weight is 271 g/mol. The zero-order valence-electron chi connectivity index (χ0n) is 11.5. The quantitative estimate of drug-likeness (QED) is 0.887. The molecule has 2 nitrogen and oxygen atoms in total. The number of halogens is 1. The summed E-state index contributed by atoms with van der Waals surface area (Å²) in [4.78, 5) is 11.8. The Morgan fingerprint density at radius 3 is 2.60 bits per heavy atom. The highest BCUT2D eigenvalue weighted by atomic mass is 19.1. The lowest BCUT2D eigenvalue weighted by Gasteiger charge is -2.06. The molecule has 0 aliphatic rings. The number of nitrogens with one attached hydrogen (secondary N) is 1. The molecule has 0 bridgehead atoms. The first-order valence-corrected chi connectivity index (χ1v) is 6.70. The molecular formula is C17H18FNO. The molecule has 3 heteroatoms. The predicted octanol–water partition coefficient (Wildman–Crippen LogP) is 3.38. The molecule has 0 saturated carbocycles. The van der Waals surface area contributed by atoms with Gasteiger partial charge in [0.05, 0.1) is 0 Å². The van der Waals surface area contributed by atoms with Gasteiger partial charge in [-0.05, 0) is 36.6 Å². The van der Waals surface area contributed by atoms with Crippen LogP contribution in [0.25, 0.3) is 0 Å². The lowest BCUT2D eigenvalue weighted by Crippen LogP contribution is -2.23. The fraction of sp³-hybridized carbons (Fsp3) is 0.235. The van der Waals surface area contributed by atoms with Crippen molar-refractivity contribution in [3.05, 3.63) is 71.0 Å². The molecule has 0 radical (unpaired) electrons. The maximum Gasteiger partial charge on any atom is 0.220 e. The van der Waals surface area contributed by atoms with E-state index in [-0.39, 0.29) is 11.7 Å². The maximum atomic E-state index is 13.0. The Labute approximate surface area is 118 Å². The van der Waals surface area contributed by atoms with Gasteiger partial charge in [0.25, 0.3) is 0 Å². The molecule has 0 spiro atoms. The highest BCUT2D eigenvalue weighted by Crippen LogP contribution is 2.07. The number of rotatable bonds is 5. The summed E-state index contributed by atoms with van der Waals surface area (Å²) in [5.74, 6) is -0.299. The molecule has 2 aromatic carbocycles. The van der Waals surface area contributed by atoms with Crippen LogP contribution < -0.4 is 5.32 Å². The summed E-state index contributed by atoms with van der Waals surface area (Å²) in [7, 11) is 0. The second kappa shape index (κ2) is 6.85. The number of aryl methyl sites for hydroxylation is 2. The second-order valence-electron chi connectivity index (χ2n) is 4.90. The fourth-order valence-electron chi connectivity index (χ4n) is 2.06. The van der Waals surface area contributed by atoms with Gasteiger partial charge in [0.2, 0.25) is 5.91 Å². The van der Waals surface area contributed by atoms with Crippen LogP contribution >= 0.6 is 0 Å². The highest BCUT2D eigenvalue weighted by Gasteiger charge is 2.03. The molecule has 20 heavy (non-hydrogen) atoms. The van der Waals surface area contributed by atoms with Crippen LogP contribution in [0.15, 0.2) is 48.5 Å². The average Bonchev–Trinajstić information content (AvgIpc) is 2.43. The largest absolute Gasteiger partial charge is 0.352 e. The number of carbonyl (C=O) groups is 1. The monoisotopic (exact) mass is 271 g/mol. The van der Waals surface area contributed by atoms with E-state index >= 15 is 0 Å². The Hall–Kier alpha value is -2.16. The number of benzene rings is 2. The van der Waals surface area contributed by atoms with Crippen LogP contribution in [0.1, 0.15) is 23.1 Å². The molecule has 0 fully saturated rings. The molecular weight excluding hydrogens is 253 g/mol. The molecule has 0 saturated heterocycles. The van der Waals surface area contributed by atoms with Gasteiger partial charge in [0.1, 0.15) is 5.82 Å². The first kappa shape index (κ1) is 14.3. The highest BCUT2D eigenvalue weighted by molar-refractivity contribution is 5.76. The summed E-state index contributed by atoms with van der Waals surface area (Å²) in [6.07, 6.45) is 1.16. The minimum atomic E-state index is -0.281. The first-order valence-electron chi connectivity index (χ1n) is 6.70. The Balaban J connectivity index is 1.78. The number of hydrogen-bond donors (Lipinski definition) is 1. The minimum Gasteiger partial charge on any atom is -0.352 e. The van der Waals surface area contributed by atoms with E-state index in [2.05, 4.69) is 11.4 Å². The molecule has 0 atom stereocenters. The summed E-state index contributed by atoms with van der Waals surface area (Å²) in [6, 6.07) is 14.4. The zero-order valence-corrected chi connectivity index (χ0v) is 11.5. The molecule has 0 aliphatic heterocycles. The zero-order chi connectivity index (χ0) is 14.4. The lowest BCUT2D eigenvalue weighted by atomic mass is 10.1. The van der Waals surface area contributed by atoms with E-state index in [9.17, 15) is 9.18 Å². The number of amides is 1. The summed E-state index contributed by atoms with van der Waals surface area (Å²) in [5.41, 5.74) is 3.13. The molecule has 2 rings (SSSR count). The lowest BCUT2D eigenvalue weighted by molar-refractivity contribution is -0.121. The third-order valence-corrected chi connectivity index (χ3v) is 3.10. The van der Waals surface area contributed by atoms with Crippen molar-refractivity contribution in [2.75, 3.05) is 0 Å². The molecule has 0 heterocycles. The molecule has 0 unspecified atom stereocenters. The van der Waals surface area contributed by atoms with Crippen molar-refractivity contribution < 1.29 is 9.18 Å². The summed E-state index contributed by atoms with van der Waals surface area (Å²) < 4.78 is 13.0. The standard InChI is InChI=1S/C17H18FNO/c1-13-4-2-5-14(10-13)8-9-17(20)19-12-15-6-3-7-16(18)11-15/h2-7,10-11H,8-9,12H2,1H3,(H,19,20). The Morgan fingerprint density at radius 2 is 1.85 bits per heavy atom. The Kier molecular flexibility index (Phi) is 4.88. The SMILES string of the molecule is Cc1cccc(CCC(=O)NCc2cccc(F)c2)c1. The summed E-state index contributed by atoms with van der Waals surface area (Å²) in [5, 5.41) is 2.81. The van der Waals surface area contributed by atoms with Gasteiger partial charge in [-0.2, -0.15) is 0 Å². The number of hydrogen-bond acceptors (Lipinski definition) is 1. The molecule has 2 aromatic rings. The van der Waals surface area contributed by atoms with E-state index in [0.717, 1.165) is 17.5 Å². The van der Waals surface area contributed by atoms with Gasteiger partial charge in [0, 0.05) is 13.0 Å². The van der Waals surface area contributed by atoms with E-state index in [4.69, 9.17) is 0 Å². The van der Waals surface area contributed by atoms with E-state index in [0.29, 0.717) is 13.0 Å². The molecule has 0 aliphatic carbocycles. The van der Waals surface area contributed by atoms with Gasteiger partial charge in [0.15, 0.2) is 0 Å². The molecule has 104 valence electrons. The summed E-state index contributed by atoms with van der Waals surface area (Å²) >= 11 is 0. The van der Waals surface area contributed by atoms with Crippen molar-refractivity contribution in [3.8, 4) is 0 Å². The second-order valence-corrected chi connectivity index (χ2v) is 4.90. The van der Waals surface area contributed by atoms with Crippen LogP contribution in [-0.4, -0.2) is 5.91 Å². The van der Waals surface area contributed by atoms with Crippen molar-refractivity contribution in [2.45, 2.75) is 26.3 Å². The van der Waals surface area contributed by atoms with E-state index in [1.165, 1.54) is 17.7 Å². The minimum absolute atomic E-state index is 0.0178. The van der Waals surface area contributed by atoms with E-state index in [1.54, 1.807) is 12.1 Å².